The number of hydrogen-bond acceptors (Lipinski definition) is 5. The average molecular weight is 468 g/mol. The van der Waals surface area contributed by atoms with Gasteiger partial charge in [-0.3, -0.25) is 4.79 Å². The number of carbonyl (C=O) groups excluding carboxylic acids is 1. The minimum absolute atomic E-state index is 0. The van der Waals surface area contributed by atoms with Crippen molar-refractivity contribution in [3.8, 4) is 17.4 Å². The molecule has 2 fully saturated rings. The van der Waals surface area contributed by atoms with E-state index >= 15 is 0 Å². The van der Waals surface area contributed by atoms with Crippen LogP contribution in [0.25, 0.3) is 0 Å². The number of carbonyl (C=O) groups is 1. The van der Waals surface area contributed by atoms with E-state index in [1.165, 1.54) is 12.8 Å². The molecule has 2 N–H and O–H groups in total. The molecule has 0 spiro atoms. The minimum atomic E-state index is 0. The number of halogens is 2. The van der Waals surface area contributed by atoms with Crippen LogP contribution >= 0.6 is 24.8 Å². The number of benzene rings is 1. The van der Waals surface area contributed by atoms with Gasteiger partial charge in [-0.25, -0.2) is 4.98 Å². The molecule has 1 aromatic carbocycles. The van der Waals surface area contributed by atoms with Crippen LogP contribution < -0.4 is 20.1 Å². The fourth-order valence-corrected chi connectivity index (χ4v) is 4.38. The first-order chi connectivity index (χ1) is 14.2. The largest absolute Gasteiger partial charge is 0.494 e. The summed E-state index contributed by atoms with van der Waals surface area (Å²) in [5, 5.41) is 6.68. The van der Waals surface area contributed by atoms with Gasteiger partial charge in [-0.15, -0.1) is 24.8 Å². The van der Waals surface area contributed by atoms with E-state index < -0.39 is 0 Å². The van der Waals surface area contributed by atoms with Gasteiger partial charge in [0.05, 0.1) is 6.61 Å². The van der Waals surface area contributed by atoms with E-state index in [0.29, 0.717) is 49.2 Å². The van der Waals surface area contributed by atoms with Crippen molar-refractivity contribution in [2.24, 2.45) is 5.92 Å². The zero-order valence-corrected chi connectivity index (χ0v) is 19.3. The van der Waals surface area contributed by atoms with Gasteiger partial charge in [0, 0.05) is 37.3 Å². The third-order valence-corrected chi connectivity index (χ3v) is 5.69. The number of ether oxygens (including phenoxy) is 2. The maximum Gasteiger partial charge on any atom is 0.220 e. The topological polar surface area (TPSA) is 72.5 Å². The summed E-state index contributed by atoms with van der Waals surface area (Å²) in [6.07, 6.45) is 7.09. The van der Waals surface area contributed by atoms with Gasteiger partial charge >= 0.3 is 0 Å². The third kappa shape index (κ3) is 7.27. The van der Waals surface area contributed by atoms with Crippen LogP contribution in [0.1, 0.15) is 44.6 Å². The molecule has 1 aromatic heterocycles. The Kier molecular flexibility index (Phi) is 9.88. The molecule has 31 heavy (non-hydrogen) atoms. The first-order valence-corrected chi connectivity index (χ1v) is 10.6. The van der Waals surface area contributed by atoms with Crippen molar-refractivity contribution in [3.05, 3.63) is 48.2 Å². The number of aromatic nitrogens is 1. The second-order valence-corrected chi connectivity index (χ2v) is 7.96. The van der Waals surface area contributed by atoms with Crippen LogP contribution in [0.4, 0.5) is 0 Å². The van der Waals surface area contributed by atoms with Crippen LogP contribution in [-0.4, -0.2) is 29.6 Å². The first kappa shape index (κ1) is 25.2. The quantitative estimate of drug-likeness (QED) is 0.590. The summed E-state index contributed by atoms with van der Waals surface area (Å²) in [7, 11) is 0. The van der Waals surface area contributed by atoms with E-state index in [9.17, 15) is 4.79 Å². The van der Waals surface area contributed by atoms with Gasteiger partial charge < -0.3 is 20.1 Å². The minimum Gasteiger partial charge on any atom is -0.494 e. The predicted molar refractivity (Wildman–Crippen MR) is 126 cm³/mol. The Hall–Kier alpha value is -2.02. The smallest absolute Gasteiger partial charge is 0.220 e. The predicted octanol–water partition coefficient (Wildman–Crippen LogP) is 4.65. The molecule has 2 unspecified atom stereocenters. The summed E-state index contributed by atoms with van der Waals surface area (Å²) in [4.78, 5) is 16.7. The molecule has 0 saturated carbocycles. The summed E-state index contributed by atoms with van der Waals surface area (Å²) in [6.45, 7) is 3.07. The molecule has 2 saturated heterocycles. The maximum absolute atomic E-state index is 12.4. The highest BCUT2D eigenvalue weighted by Crippen LogP contribution is 2.32. The maximum atomic E-state index is 12.4. The summed E-state index contributed by atoms with van der Waals surface area (Å²) in [5.41, 5.74) is 0.972. The molecule has 2 aliphatic rings. The Morgan fingerprint density at radius 3 is 2.45 bits per heavy atom. The Labute approximate surface area is 196 Å². The number of amides is 1. The van der Waals surface area contributed by atoms with Crippen molar-refractivity contribution < 1.29 is 14.3 Å². The van der Waals surface area contributed by atoms with Crippen LogP contribution in [0.15, 0.2) is 42.6 Å². The SMILES string of the molecule is CCOc1ccc(Oc2cc(CNC(=O)CC3CC4CCC(C3)N4)ccn2)cc1.Cl.Cl. The van der Waals surface area contributed by atoms with Crippen molar-refractivity contribution >= 4 is 30.7 Å². The van der Waals surface area contributed by atoms with Gasteiger partial charge in [-0.1, -0.05) is 0 Å². The summed E-state index contributed by atoms with van der Waals surface area (Å²) >= 11 is 0. The molecular weight excluding hydrogens is 437 g/mol. The number of piperidine rings is 1. The number of nitrogens with zero attached hydrogens (tertiary/aromatic N) is 1. The summed E-state index contributed by atoms with van der Waals surface area (Å²) < 4.78 is 11.3. The molecular formula is C23H31Cl2N3O3. The van der Waals surface area contributed by atoms with Gasteiger partial charge in [-0.05, 0) is 74.4 Å². The first-order valence-electron chi connectivity index (χ1n) is 10.6. The molecule has 6 nitrogen and oxygen atoms in total. The monoisotopic (exact) mass is 467 g/mol. The average Bonchev–Trinajstić information content (AvgIpc) is 3.06. The molecule has 4 rings (SSSR count). The molecule has 2 bridgehead atoms. The van der Waals surface area contributed by atoms with Crippen LogP contribution in [0.3, 0.4) is 0 Å². The standard InChI is InChI=1S/C23H29N3O3.2ClH/c1-2-28-20-5-7-21(8-6-20)29-23-14-16(9-10-24-23)15-25-22(27)13-17-11-18-3-4-19(12-17)26-18;;/h5-10,14,17-19,26H,2-4,11-13,15H2,1H3,(H,25,27);2*1H. The lowest BCUT2D eigenvalue weighted by Crippen LogP contribution is -2.39. The lowest BCUT2D eigenvalue weighted by molar-refractivity contribution is -0.122. The molecule has 1 amide bonds. The van der Waals surface area contributed by atoms with Crippen molar-refractivity contribution in [2.45, 2.75) is 57.7 Å². The summed E-state index contributed by atoms with van der Waals surface area (Å²) in [5.74, 6) is 2.65. The van der Waals surface area contributed by atoms with Crippen molar-refractivity contribution in [2.75, 3.05) is 6.61 Å². The van der Waals surface area contributed by atoms with E-state index in [1.807, 2.05) is 43.3 Å². The van der Waals surface area contributed by atoms with E-state index in [0.717, 1.165) is 24.2 Å². The number of fused-ring (bicyclic) bond motifs is 2. The van der Waals surface area contributed by atoms with E-state index in [4.69, 9.17) is 9.47 Å². The molecule has 2 aliphatic heterocycles. The lowest BCUT2D eigenvalue weighted by Gasteiger charge is -2.28. The highest BCUT2D eigenvalue weighted by molar-refractivity contribution is 5.85. The number of nitrogens with one attached hydrogen (secondary N) is 2. The Balaban J connectivity index is 0.00000171. The van der Waals surface area contributed by atoms with E-state index in [2.05, 4.69) is 15.6 Å². The van der Waals surface area contributed by atoms with Gasteiger partial charge in [0.15, 0.2) is 0 Å². The zero-order valence-electron chi connectivity index (χ0n) is 17.7. The highest BCUT2D eigenvalue weighted by Gasteiger charge is 2.34. The lowest BCUT2D eigenvalue weighted by atomic mass is 9.89. The second-order valence-electron chi connectivity index (χ2n) is 7.96. The molecule has 0 radical (unpaired) electrons. The Morgan fingerprint density at radius 1 is 1.10 bits per heavy atom. The summed E-state index contributed by atoms with van der Waals surface area (Å²) in [6, 6.07) is 12.5. The zero-order chi connectivity index (χ0) is 20.1. The normalized spacial score (nSPS) is 21.4. The molecule has 170 valence electrons. The van der Waals surface area contributed by atoms with Crippen molar-refractivity contribution in [1.29, 1.82) is 0 Å². The van der Waals surface area contributed by atoms with Crippen LogP contribution in [0, 0.1) is 5.92 Å². The second kappa shape index (κ2) is 12.1. The number of rotatable bonds is 8. The Bertz CT molecular complexity index is 823. The highest BCUT2D eigenvalue weighted by atomic mass is 35.5. The van der Waals surface area contributed by atoms with Crippen molar-refractivity contribution in [1.82, 2.24) is 15.6 Å². The molecule has 3 heterocycles. The number of hydrogen-bond donors (Lipinski definition) is 2. The molecule has 0 aliphatic carbocycles. The van der Waals surface area contributed by atoms with Crippen LogP contribution in [0.2, 0.25) is 0 Å². The Morgan fingerprint density at radius 2 is 1.77 bits per heavy atom. The fourth-order valence-electron chi connectivity index (χ4n) is 4.38. The molecule has 2 aromatic rings. The number of pyridine rings is 1. The van der Waals surface area contributed by atoms with E-state index in [-0.39, 0.29) is 30.7 Å². The van der Waals surface area contributed by atoms with Gasteiger partial charge in [-0.2, -0.15) is 0 Å². The van der Waals surface area contributed by atoms with Crippen molar-refractivity contribution in [3.63, 3.8) is 0 Å². The van der Waals surface area contributed by atoms with Crippen LogP contribution in [0.5, 0.6) is 17.4 Å². The fraction of sp³-hybridized carbons (Fsp3) is 0.478. The van der Waals surface area contributed by atoms with Gasteiger partial charge in [0.1, 0.15) is 11.5 Å². The van der Waals surface area contributed by atoms with Gasteiger partial charge in [0.2, 0.25) is 11.8 Å². The molecule has 2 atom stereocenters. The van der Waals surface area contributed by atoms with Crippen LogP contribution in [-0.2, 0) is 11.3 Å². The third-order valence-electron chi connectivity index (χ3n) is 5.69. The van der Waals surface area contributed by atoms with E-state index in [1.54, 1.807) is 6.20 Å². The molecule has 8 heteroatoms. The van der Waals surface area contributed by atoms with Gasteiger partial charge in [0.25, 0.3) is 0 Å².